The van der Waals surface area contributed by atoms with Crippen LogP contribution in [0, 0.1) is 0 Å². The van der Waals surface area contributed by atoms with Crippen LogP contribution in [0.1, 0.15) is 27.7 Å². The minimum atomic E-state index is -0.199. The third kappa shape index (κ3) is 7.01. The molecule has 1 aromatic rings. The number of aromatic nitrogens is 1. The Morgan fingerprint density at radius 3 is 1.90 bits per heavy atom. The summed E-state index contributed by atoms with van der Waals surface area (Å²) in [5, 5.41) is 2.07. The minimum absolute atomic E-state index is 0.199. The number of aromatic amines is 1. The lowest BCUT2D eigenvalue weighted by molar-refractivity contribution is 0.413. The van der Waals surface area contributed by atoms with Gasteiger partial charge in [-0.2, -0.15) is 5.16 Å². The van der Waals surface area contributed by atoms with Crippen molar-refractivity contribution in [3.63, 3.8) is 0 Å². The summed E-state index contributed by atoms with van der Waals surface area (Å²) in [6, 6.07) is 1.31. The van der Waals surface area contributed by atoms with E-state index in [9.17, 15) is 4.79 Å². The summed E-state index contributed by atoms with van der Waals surface area (Å²) in [5.41, 5.74) is -0.199. The Balaban J connectivity index is 0. The maximum atomic E-state index is 9.92. The predicted octanol–water partition coefficient (Wildman–Crippen LogP) is 2.02. The summed E-state index contributed by atoms with van der Waals surface area (Å²) in [4.78, 5) is 9.92. The lowest BCUT2D eigenvalue weighted by Crippen LogP contribution is -1.91. The molecule has 1 heterocycles. The van der Waals surface area contributed by atoms with E-state index in [4.69, 9.17) is 0 Å². The standard InChI is InChI=1S/C3H3NO2.2C2H6/c5-3-1-2-6-4-3;2*1-2/h1-2H,(H,4,5);2*1-2H3. The van der Waals surface area contributed by atoms with Crippen LogP contribution in [0.15, 0.2) is 21.6 Å². The van der Waals surface area contributed by atoms with Crippen LogP contribution in [0.2, 0.25) is 0 Å². The van der Waals surface area contributed by atoms with Gasteiger partial charge in [0, 0.05) is 6.07 Å². The minimum Gasteiger partial charge on any atom is -0.387 e. The van der Waals surface area contributed by atoms with E-state index in [1.807, 2.05) is 27.7 Å². The first-order valence-corrected chi connectivity index (χ1v) is 3.52. The van der Waals surface area contributed by atoms with E-state index in [0.29, 0.717) is 0 Å². The molecule has 1 rings (SSSR count). The van der Waals surface area contributed by atoms with Gasteiger partial charge in [-0.3, -0.25) is 4.79 Å². The van der Waals surface area contributed by atoms with Gasteiger partial charge >= 0.3 is 0 Å². The summed E-state index contributed by atoms with van der Waals surface area (Å²) >= 11 is 0. The maximum Gasteiger partial charge on any atom is 0.279 e. The molecule has 0 atom stereocenters. The van der Waals surface area contributed by atoms with E-state index in [1.54, 1.807) is 0 Å². The highest BCUT2D eigenvalue weighted by Crippen LogP contribution is 1.62. The predicted molar refractivity (Wildman–Crippen MR) is 42.0 cm³/mol. The van der Waals surface area contributed by atoms with Crippen LogP contribution in [0.4, 0.5) is 0 Å². The van der Waals surface area contributed by atoms with Gasteiger partial charge in [0.05, 0.1) is 0 Å². The van der Waals surface area contributed by atoms with E-state index < -0.39 is 0 Å². The second-order valence-corrected chi connectivity index (χ2v) is 0.887. The molecular formula is C7H15NO2. The fraction of sp³-hybridized carbons (Fsp3) is 0.571. The first-order valence-electron chi connectivity index (χ1n) is 3.52. The van der Waals surface area contributed by atoms with Gasteiger partial charge < -0.3 is 4.52 Å². The Morgan fingerprint density at radius 1 is 1.30 bits per heavy atom. The molecule has 0 aliphatic rings. The third-order valence-electron chi connectivity index (χ3n) is 0.447. The van der Waals surface area contributed by atoms with Crippen molar-refractivity contribution >= 4 is 0 Å². The maximum absolute atomic E-state index is 9.92. The molecule has 1 aromatic heterocycles. The molecule has 0 spiro atoms. The smallest absolute Gasteiger partial charge is 0.279 e. The Morgan fingerprint density at radius 2 is 1.80 bits per heavy atom. The highest BCUT2D eigenvalue weighted by atomic mass is 16.5. The average Bonchev–Trinajstić information content (AvgIpc) is 2.48. The molecule has 0 saturated carbocycles. The molecule has 0 amide bonds. The molecule has 3 heteroatoms. The lowest BCUT2D eigenvalue weighted by Gasteiger charge is -1.54. The molecule has 60 valence electrons. The Bertz CT molecular complexity index is 149. The molecule has 0 saturated heterocycles. The summed E-state index contributed by atoms with van der Waals surface area (Å²) in [6.45, 7) is 8.00. The molecule has 0 bridgehead atoms. The number of nitrogens with one attached hydrogen (secondary N) is 1. The van der Waals surface area contributed by atoms with Crippen LogP contribution in [-0.2, 0) is 0 Å². The van der Waals surface area contributed by atoms with E-state index in [0.717, 1.165) is 0 Å². The summed E-state index contributed by atoms with van der Waals surface area (Å²) in [6.07, 6.45) is 1.29. The number of H-pyrrole nitrogens is 1. The molecule has 0 radical (unpaired) electrons. The summed E-state index contributed by atoms with van der Waals surface area (Å²) in [5.74, 6) is 0. The molecular weight excluding hydrogens is 130 g/mol. The van der Waals surface area contributed by atoms with Gasteiger partial charge in [-0.25, -0.2) is 0 Å². The Labute approximate surface area is 61.0 Å². The molecule has 3 nitrogen and oxygen atoms in total. The van der Waals surface area contributed by atoms with Crippen LogP contribution in [0.3, 0.4) is 0 Å². The lowest BCUT2D eigenvalue weighted by atomic mass is 10.8. The molecule has 0 aliphatic heterocycles. The van der Waals surface area contributed by atoms with Crippen molar-refractivity contribution in [1.29, 1.82) is 0 Å². The molecule has 1 N–H and O–H groups in total. The van der Waals surface area contributed by atoms with Crippen LogP contribution in [0.5, 0.6) is 0 Å². The highest BCUT2D eigenvalue weighted by Gasteiger charge is 1.73. The number of hydrogen-bond donors (Lipinski definition) is 1. The highest BCUT2D eigenvalue weighted by molar-refractivity contribution is 4.71. The van der Waals surface area contributed by atoms with Crippen molar-refractivity contribution in [2.24, 2.45) is 0 Å². The number of hydrogen-bond acceptors (Lipinski definition) is 2. The molecule has 0 aliphatic carbocycles. The quantitative estimate of drug-likeness (QED) is 0.607. The van der Waals surface area contributed by atoms with Gasteiger partial charge in [-0.05, 0) is 0 Å². The molecule has 0 fully saturated rings. The van der Waals surface area contributed by atoms with Crippen LogP contribution < -0.4 is 5.56 Å². The van der Waals surface area contributed by atoms with Crippen molar-refractivity contribution in [3.8, 4) is 0 Å². The van der Waals surface area contributed by atoms with Gasteiger partial charge in [-0.15, -0.1) is 0 Å². The Hall–Kier alpha value is -0.990. The first-order chi connectivity index (χ1) is 4.89. The van der Waals surface area contributed by atoms with Crippen molar-refractivity contribution in [2.75, 3.05) is 0 Å². The fourth-order valence-electron chi connectivity index (χ4n) is 0.222. The van der Waals surface area contributed by atoms with Crippen molar-refractivity contribution < 1.29 is 4.52 Å². The van der Waals surface area contributed by atoms with Gasteiger partial charge in [0.1, 0.15) is 6.26 Å². The van der Waals surface area contributed by atoms with Crippen LogP contribution in [-0.4, -0.2) is 5.16 Å². The van der Waals surface area contributed by atoms with Crippen molar-refractivity contribution in [1.82, 2.24) is 5.16 Å². The zero-order valence-corrected chi connectivity index (χ0v) is 6.97. The van der Waals surface area contributed by atoms with Gasteiger partial charge in [-0.1, -0.05) is 27.7 Å². The fourth-order valence-corrected chi connectivity index (χ4v) is 0.222. The van der Waals surface area contributed by atoms with E-state index in [-0.39, 0.29) is 5.56 Å². The van der Waals surface area contributed by atoms with Gasteiger partial charge in [0.2, 0.25) is 0 Å². The summed E-state index contributed by atoms with van der Waals surface area (Å²) < 4.78 is 4.28. The largest absolute Gasteiger partial charge is 0.387 e. The van der Waals surface area contributed by atoms with E-state index in [2.05, 4.69) is 9.68 Å². The number of rotatable bonds is 0. The van der Waals surface area contributed by atoms with Crippen LogP contribution in [0.25, 0.3) is 0 Å². The van der Waals surface area contributed by atoms with Gasteiger partial charge in [0.25, 0.3) is 5.56 Å². The van der Waals surface area contributed by atoms with Crippen LogP contribution >= 0.6 is 0 Å². The third-order valence-corrected chi connectivity index (χ3v) is 0.447. The first kappa shape index (κ1) is 11.8. The monoisotopic (exact) mass is 145 g/mol. The second kappa shape index (κ2) is 10.9. The van der Waals surface area contributed by atoms with Crippen molar-refractivity contribution in [2.45, 2.75) is 27.7 Å². The van der Waals surface area contributed by atoms with Crippen molar-refractivity contribution in [3.05, 3.63) is 22.7 Å². The van der Waals surface area contributed by atoms with E-state index >= 15 is 0 Å². The second-order valence-electron chi connectivity index (χ2n) is 0.887. The Kier molecular flexibility index (Phi) is 12.8. The SMILES string of the molecule is CC.CC.O=c1cco[nH]1. The zero-order valence-electron chi connectivity index (χ0n) is 6.97. The average molecular weight is 145 g/mol. The topological polar surface area (TPSA) is 46.0 Å². The molecule has 0 aromatic carbocycles. The normalized spacial score (nSPS) is 6.40. The molecule has 10 heavy (non-hydrogen) atoms. The molecule has 0 unspecified atom stereocenters. The zero-order chi connectivity index (χ0) is 8.41. The van der Waals surface area contributed by atoms with Gasteiger partial charge in [0.15, 0.2) is 0 Å². The summed E-state index contributed by atoms with van der Waals surface area (Å²) in [7, 11) is 0. The van der Waals surface area contributed by atoms with E-state index in [1.165, 1.54) is 12.3 Å².